The Bertz CT molecular complexity index is 68.5. The molecule has 0 aliphatic carbocycles. The van der Waals surface area contributed by atoms with E-state index < -0.39 is 6.10 Å². The molecule has 0 aromatic carbocycles. The number of rotatable bonds is 2. The summed E-state index contributed by atoms with van der Waals surface area (Å²) in [5, 5.41) is 17.0. The van der Waals surface area contributed by atoms with E-state index in [0.29, 0.717) is 6.42 Å². The first-order chi connectivity index (χ1) is 3.18. The minimum absolute atomic E-state index is 0.150. The fourth-order valence-corrected chi connectivity index (χ4v) is 0.236. The maximum atomic E-state index is 8.59. The maximum absolute atomic E-state index is 8.59. The molecule has 0 saturated carbocycles. The Balaban J connectivity index is 3.34. The van der Waals surface area contributed by atoms with Crippen molar-refractivity contribution in [3.05, 3.63) is 12.3 Å². The zero-order valence-electron chi connectivity index (χ0n) is 4.39. The second kappa shape index (κ2) is 2.64. The first-order valence-electron chi connectivity index (χ1n) is 2.24. The minimum atomic E-state index is -0.736. The normalized spacial score (nSPS) is 13.4. The van der Waals surface area contributed by atoms with Gasteiger partial charge in [0.15, 0.2) is 0 Å². The molecule has 2 nitrogen and oxygen atoms in total. The van der Waals surface area contributed by atoms with Crippen LogP contribution < -0.4 is 0 Å². The number of aliphatic hydroxyl groups excluding tert-OH is 2. The van der Waals surface area contributed by atoms with Gasteiger partial charge in [-0.2, -0.15) is 0 Å². The molecular formula is C5H10O2. The topological polar surface area (TPSA) is 40.5 Å². The summed E-state index contributed by atoms with van der Waals surface area (Å²) in [5.74, 6) is -0.150. The van der Waals surface area contributed by atoms with Gasteiger partial charge in [0.05, 0.1) is 0 Å². The van der Waals surface area contributed by atoms with Gasteiger partial charge in [0.2, 0.25) is 0 Å². The molecule has 2 heteroatoms. The van der Waals surface area contributed by atoms with E-state index in [4.69, 9.17) is 10.2 Å². The first kappa shape index (κ1) is 6.50. The van der Waals surface area contributed by atoms with Crippen molar-refractivity contribution in [2.24, 2.45) is 0 Å². The quantitative estimate of drug-likeness (QED) is 0.507. The molecule has 0 spiro atoms. The van der Waals surface area contributed by atoms with Gasteiger partial charge in [-0.05, 0) is 6.42 Å². The minimum Gasteiger partial charge on any atom is -0.510 e. The fourth-order valence-electron chi connectivity index (χ4n) is 0.236. The summed E-state index contributed by atoms with van der Waals surface area (Å²) in [6, 6.07) is 0. The molecule has 0 aromatic rings. The molecule has 7 heavy (non-hydrogen) atoms. The molecule has 1 atom stereocenters. The number of hydrogen-bond acceptors (Lipinski definition) is 2. The summed E-state index contributed by atoms with van der Waals surface area (Å²) in [6.07, 6.45) is -0.213. The standard InChI is InChI=1S/C5H10O2/c1-3-5(7)4(2)6/h5-7H,2-3H2,1H3/t5-/m0/s1. The highest BCUT2D eigenvalue weighted by Crippen LogP contribution is 1.96. The summed E-state index contributed by atoms with van der Waals surface area (Å²) in [6.45, 7) is 4.90. The molecule has 0 aromatic heterocycles. The third-order valence-electron chi connectivity index (χ3n) is 0.771. The van der Waals surface area contributed by atoms with Crippen LogP contribution in [0.5, 0.6) is 0 Å². The second-order valence-corrected chi connectivity index (χ2v) is 1.42. The molecule has 0 heterocycles. The Morgan fingerprint density at radius 1 is 1.86 bits per heavy atom. The van der Waals surface area contributed by atoms with Gasteiger partial charge in [0.1, 0.15) is 11.9 Å². The van der Waals surface area contributed by atoms with Gasteiger partial charge >= 0.3 is 0 Å². The van der Waals surface area contributed by atoms with Crippen molar-refractivity contribution in [1.29, 1.82) is 0 Å². The van der Waals surface area contributed by atoms with Gasteiger partial charge < -0.3 is 10.2 Å². The highest BCUT2D eigenvalue weighted by molar-refractivity contribution is 4.86. The van der Waals surface area contributed by atoms with E-state index >= 15 is 0 Å². The summed E-state index contributed by atoms with van der Waals surface area (Å²) < 4.78 is 0. The van der Waals surface area contributed by atoms with Crippen LogP contribution in [0.1, 0.15) is 13.3 Å². The van der Waals surface area contributed by atoms with E-state index in [2.05, 4.69) is 6.58 Å². The lowest BCUT2D eigenvalue weighted by Crippen LogP contribution is -2.05. The van der Waals surface area contributed by atoms with E-state index in [0.717, 1.165) is 0 Å². The Morgan fingerprint density at radius 2 is 2.29 bits per heavy atom. The molecule has 0 amide bonds. The largest absolute Gasteiger partial charge is 0.510 e. The molecule has 0 aliphatic rings. The monoisotopic (exact) mass is 102 g/mol. The molecule has 0 fully saturated rings. The molecule has 42 valence electrons. The SMILES string of the molecule is C=C(O)[C@@H](O)CC. The van der Waals surface area contributed by atoms with Gasteiger partial charge in [-0.25, -0.2) is 0 Å². The zero-order valence-corrected chi connectivity index (χ0v) is 4.39. The Kier molecular flexibility index (Phi) is 2.45. The molecular weight excluding hydrogens is 92.1 g/mol. The highest BCUT2D eigenvalue weighted by Gasteiger charge is 2.00. The number of aliphatic hydroxyl groups is 2. The van der Waals surface area contributed by atoms with Crippen molar-refractivity contribution in [2.45, 2.75) is 19.4 Å². The third-order valence-corrected chi connectivity index (χ3v) is 0.771. The van der Waals surface area contributed by atoms with Gasteiger partial charge in [-0.3, -0.25) is 0 Å². The van der Waals surface area contributed by atoms with Crippen LogP contribution in [0.25, 0.3) is 0 Å². The van der Waals surface area contributed by atoms with Crippen LogP contribution in [-0.2, 0) is 0 Å². The lowest BCUT2D eigenvalue weighted by atomic mass is 10.2. The average molecular weight is 102 g/mol. The molecule has 2 N–H and O–H groups in total. The van der Waals surface area contributed by atoms with E-state index in [9.17, 15) is 0 Å². The fraction of sp³-hybridized carbons (Fsp3) is 0.600. The molecule has 0 saturated heterocycles. The van der Waals surface area contributed by atoms with Crippen LogP contribution in [0.4, 0.5) is 0 Å². The molecule has 0 bridgehead atoms. The second-order valence-electron chi connectivity index (χ2n) is 1.42. The van der Waals surface area contributed by atoms with Crippen LogP contribution in [-0.4, -0.2) is 16.3 Å². The number of hydrogen-bond donors (Lipinski definition) is 2. The molecule has 0 unspecified atom stereocenters. The van der Waals surface area contributed by atoms with Crippen LogP contribution in [0, 0.1) is 0 Å². The van der Waals surface area contributed by atoms with Gasteiger partial charge in [-0.1, -0.05) is 13.5 Å². The van der Waals surface area contributed by atoms with Gasteiger partial charge in [0, 0.05) is 0 Å². The van der Waals surface area contributed by atoms with Gasteiger partial charge in [-0.15, -0.1) is 0 Å². The predicted molar refractivity (Wildman–Crippen MR) is 28.1 cm³/mol. The third kappa shape index (κ3) is 2.23. The van der Waals surface area contributed by atoms with E-state index in [1.165, 1.54) is 0 Å². The lowest BCUT2D eigenvalue weighted by molar-refractivity contribution is 0.151. The Hall–Kier alpha value is -0.500. The smallest absolute Gasteiger partial charge is 0.114 e. The zero-order chi connectivity index (χ0) is 5.86. The Labute approximate surface area is 43.1 Å². The van der Waals surface area contributed by atoms with Crippen molar-refractivity contribution in [1.82, 2.24) is 0 Å². The van der Waals surface area contributed by atoms with Crippen molar-refractivity contribution in [3.63, 3.8) is 0 Å². The van der Waals surface area contributed by atoms with E-state index in [1.54, 1.807) is 6.92 Å². The lowest BCUT2D eigenvalue weighted by Gasteiger charge is -2.01. The summed E-state index contributed by atoms with van der Waals surface area (Å²) >= 11 is 0. The molecule has 0 radical (unpaired) electrons. The van der Waals surface area contributed by atoms with Crippen molar-refractivity contribution < 1.29 is 10.2 Å². The summed E-state index contributed by atoms with van der Waals surface area (Å²) in [4.78, 5) is 0. The summed E-state index contributed by atoms with van der Waals surface area (Å²) in [5.41, 5.74) is 0. The van der Waals surface area contributed by atoms with Crippen LogP contribution in [0.2, 0.25) is 0 Å². The first-order valence-corrected chi connectivity index (χ1v) is 2.24. The van der Waals surface area contributed by atoms with Crippen LogP contribution in [0.15, 0.2) is 12.3 Å². The van der Waals surface area contributed by atoms with Crippen molar-refractivity contribution in [2.75, 3.05) is 0 Å². The maximum Gasteiger partial charge on any atom is 0.114 e. The molecule has 0 rings (SSSR count). The summed E-state index contributed by atoms with van der Waals surface area (Å²) in [7, 11) is 0. The van der Waals surface area contributed by atoms with E-state index in [-0.39, 0.29) is 5.76 Å². The average Bonchev–Trinajstić information content (AvgIpc) is 1.65. The van der Waals surface area contributed by atoms with Crippen LogP contribution in [0.3, 0.4) is 0 Å². The van der Waals surface area contributed by atoms with Crippen LogP contribution >= 0.6 is 0 Å². The van der Waals surface area contributed by atoms with Crippen molar-refractivity contribution >= 4 is 0 Å². The molecule has 0 aliphatic heterocycles. The van der Waals surface area contributed by atoms with E-state index in [1.807, 2.05) is 0 Å². The van der Waals surface area contributed by atoms with Gasteiger partial charge in [0.25, 0.3) is 0 Å². The highest BCUT2D eigenvalue weighted by atomic mass is 16.3. The predicted octanol–water partition coefficient (Wildman–Crippen LogP) is 0.829. The van der Waals surface area contributed by atoms with Crippen molar-refractivity contribution in [3.8, 4) is 0 Å². The Morgan fingerprint density at radius 3 is 2.29 bits per heavy atom.